The van der Waals surface area contributed by atoms with E-state index >= 15 is 0 Å². The molecule has 0 nitrogen and oxygen atoms in total. The van der Waals surface area contributed by atoms with Crippen molar-refractivity contribution in [3.63, 3.8) is 0 Å². The molecule has 0 aliphatic carbocycles. The second-order valence-corrected chi connectivity index (χ2v) is 8.15. The maximum atomic E-state index is 14.6. The molecular formula is C31H18F6. The van der Waals surface area contributed by atoms with Crippen LogP contribution in [0.5, 0.6) is 0 Å². The highest BCUT2D eigenvalue weighted by molar-refractivity contribution is 5.84. The van der Waals surface area contributed by atoms with Crippen LogP contribution in [0.25, 0.3) is 10.8 Å². The Kier molecular flexibility index (Phi) is 7.70. The van der Waals surface area contributed by atoms with Crippen LogP contribution in [0.3, 0.4) is 0 Å². The molecule has 0 aliphatic rings. The fourth-order valence-electron chi connectivity index (χ4n) is 3.68. The first-order chi connectivity index (χ1) is 17.8. The van der Waals surface area contributed by atoms with E-state index in [9.17, 15) is 26.3 Å². The van der Waals surface area contributed by atoms with Gasteiger partial charge in [-0.15, -0.1) is 0 Å². The monoisotopic (exact) mass is 504 g/mol. The first-order valence-corrected chi connectivity index (χ1v) is 11.3. The number of allylic oxidation sites excluding steroid dienone is 2. The van der Waals surface area contributed by atoms with E-state index in [1.807, 2.05) is 19.1 Å². The molecule has 0 aliphatic heterocycles. The number of halogens is 6. The Morgan fingerprint density at radius 2 is 1.22 bits per heavy atom. The lowest BCUT2D eigenvalue weighted by Crippen LogP contribution is -1.96. The molecule has 0 radical (unpaired) electrons. The number of benzene rings is 4. The minimum absolute atomic E-state index is 0.0574. The van der Waals surface area contributed by atoms with Gasteiger partial charge in [-0.2, -0.15) is 0 Å². The van der Waals surface area contributed by atoms with Crippen LogP contribution in [-0.2, 0) is 6.42 Å². The van der Waals surface area contributed by atoms with Crippen LogP contribution >= 0.6 is 0 Å². The number of hydrogen-bond donors (Lipinski definition) is 0. The summed E-state index contributed by atoms with van der Waals surface area (Å²) in [6.45, 7) is 1.85. The summed E-state index contributed by atoms with van der Waals surface area (Å²) in [5, 5.41) is 0.435. The van der Waals surface area contributed by atoms with E-state index in [1.165, 1.54) is 36.4 Å². The lowest BCUT2D eigenvalue weighted by Gasteiger charge is -2.03. The van der Waals surface area contributed by atoms with Gasteiger partial charge < -0.3 is 0 Å². The number of rotatable bonds is 3. The van der Waals surface area contributed by atoms with Gasteiger partial charge in [0.15, 0.2) is 11.6 Å². The molecular weight excluding hydrogens is 486 g/mol. The molecule has 37 heavy (non-hydrogen) atoms. The Labute approximate surface area is 210 Å². The number of fused-ring (bicyclic) bond motifs is 1. The topological polar surface area (TPSA) is 0 Å². The molecule has 184 valence electrons. The van der Waals surface area contributed by atoms with Gasteiger partial charge in [-0.05, 0) is 73.2 Å². The van der Waals surface area contributed by atoms with Gasteiger partial charge in [0.1, 0.15) is 23.3 Å². The highest BCUT2D eigenvalue weighted by atomic mass is 19.2. The van der Waals surface area contributed by atoms with Gasteiger partial charge in [-0.1, -0.05) is 48.0 Å². The molecule has 0 heterocycles. The van der Waals surface area contributed by atoms with E-state index in [0.29, 0.717) is 29.4 Å². The zero-order valence-corrected chi connectivity index (χ0v) is 19.5. The van der Waals surface area contributed by atoms with E-state index in [-0.39, 0.29) is 10.9 Å². The molecule has 0 saturated heterocycles. The summed E-state index contributed by atoms with van der Waals surface area (Å²) in [5.74, 6) is 3.98. The SMILES string of the molecule is C/C=C/CCc1cc(F)c(C#Cc2cc(F)c(C#Cc3ccc4c(F)c(F)ccc4c3)c(F)c2)c(F)c1. The van der Waals surface area contributed by atoms with E-state index < -0.39 is 46.0 Å². The Morgan fingerprint density at radius 3 is 1.84 bits per heavy atom. The smallest absolute Gasteiger partial charge is 0.166 e. The minimum atomic E-state index is -1.01. The Bertz CT molecular complexity index is 1610. The summed E-state index contributed by atoms with van der Waals surface area (Å²) in [6.07, 6.45) is 4.82. The van der Waals surface area contributed by atoms with Crippen molar-refractivity contribution in [2.45, 2.75) is 19.8 Å². The molecule has 4 aromatic carbocycles. The summed E-state index contributed by atoms with van der Waals surface area (Å²) in [4.78, 5) is 0. The summed E-state index contributed by atoms with van der Waals surface area (Å²) in [7, 11) is 0. The van der Waals surface area contributed by atoms with Gasteiger partial charge in [-0.25, -0.2) is 26.3 Å². The van der Waals surface area contributed by atoms with Crippen LogP contribution < -0.4 is 0 Å². The van der Waals surface area contributed by atoms with Crippen LogP contribution in [0, 0.1) is 58.6 Å². The van der Waals surface area contributed by atoms with Crippen molar-refractivity contribution < 1.29 is 26.3 Å². The molecule has 6 heteroatoms. The van der Waals surface area contributed by atoms with Gasteiger partial charge in [0.2, 0.25) is 0 Å². The van der Waals surface area contributed by atoms with Crippen molar-refractivity contribution in [3.8, 4) is 23.7 Å². The second-order valence-electron chi connectivity index (χ2n) is 8.15. The predicted octanol–water partition coefficient (Wildman–Crippen LogP) is 7.98. The van der Waals surface area contributed by atoms with Crippen molar-refractivity contribution in [2.24, 2.45) is 0 Å². The minimum Gasteiger partial charge on any atom is -0.206 e. The van der Waals surface area contributed by atoms with E-state index in [1.54, 1.807) is 0 Å². The third-order valence-corrected chi connectivity index (χ3v) is 5.55. The molecule has 0 amide bonds. The maximum absolute atomic E-state index is 14.6. The van der Waals surface area contributed by atoms with Crippen LogP contribution in [-0.4, -0.2) is 0 Å². The average molecular weight is 504 g/mol. The van der Waals surface area contributed by atoms with E-state index in [0.717, 1.165) is 18.2 Å². The van der Waals surface area contributed by atoms with Crippen LogP contribution in [0.15, 0.2) is 66.7 Å². The lowest BCUT2D eigenvalue weighted by molar-refractivity contribution is 0.517. The van der Waals surface area contributed by atoms with Crippen LogP contribution in [0.4, 0.5) is 26.3 Å². The lowest BCUT2D eigenvalue weighted by atomic mass is 10.0. The van der Waals surface area contributed by atoms with Gasteiger partial charge in [0, 0.05) is 16.5 Å². The van der Waals surface area contributed by atoms with Gasteiger partial charge >= 0.3 is 0 Å². The Hall–Kier alpha value is -4.42. The second kappa shape index (κ2) is 11.1. The highest BCUT2D eigenvalue weighted by Gasteiger charge is 2.11. The third-order valence-electron chi connectivity index (χ3n) is 5.55. The van der Waals surface area contributed by atoms with Crippen LogP contribution in [0.2, 0.25) is 0 Å². The number of aryl methyl sites for hydroxylation is 1. The summed E-state index contributed by atoms with van der Waals surface area (Å²) < 4.78 is 85.2. The van der Waals surface area contributed by atoms with Crippen molar-refractivity contribution in [1.82, 2.24) is 0 Å². The first-order valence-electron chi connectivity index (χ1n) is 11.3. The van der Waals surface area contributed by atoms with Gasteiger partial charge in [-0.3, -0.25) is 0 Å². The van der Waals surface area contributed by atoms with E-state index in [2.05, 4.69) is 23.7 Å². The summed E-state index contributed by atoms with van der Waals surface area (Å²) in [5.41, 5.74) is -0.339. The first kappa shape index (κ1) is 25.7. The average Bonchev–Trinajstić information content (AvgIpc) is 2.85. The fraction of sp³-hybridized carbons (Fsp3) is 0.0968. The molecule has 0 bridgehead atoms. The highest BCUT2D eigenvalue weighted by Crippen LogP contribution is 2.22. The predicted molar refractivity (Wildman–Crippen MR) is 132 cm³/mol. The van der Waals surface area contributed by atoms with Crippen molar-refractivity contribution >= 4 is 10.8 Å². The van der Waals surface area contributed by atoms with Crippen molar-refractivity contribution in [3.05, 3.63) is 129 Å². The fourth-order valence-corrected chi connectivity index (χ4v) is 3.68. The summed E-state index contributed by atoms with van der Waals surface area (Å²) in [6, 6.07) is 10.8. The quantitative estimate of drug-likeness (QED) is 0.151. The molecule has 0 unspecified atom stereocenters. The molecule has 0 N–H and O–H groups in total. The van der Waals surface area contributed by atoms with E-state index in [4.69, 9.17) is 0 Å². The zero-order valence-electron chi connectivity index (χ0n) is 19.5. The van der Waals surface area contributed by atoms with Crippen molar-refractivity contribution in [1.29, 1.82) is 0 Å². The largest absolute Gasteiger partial charge is 0.206 e. The Morgan fingerprint density at radius 1 is 0.622 bits per heavy atom. The normalized spacial score (nSPS) is 10.8. The molecule has 4 rings (SSSR count). The van der Waals surface area contributed by atoms with Gasteiger partial charge in [0.25, 0.3) is 0 Å². The molecule has 0 spiro atoms. The number of hydrogen-bond acceptors (Lipinski definition) is 0. The molecule has 0 aromatic heterocycles. The summed E-state index contributed by atoms with van der Waals surface area (Å²) >= 11 is 0. The molecule has 0 atom stereocenters. The molecule has 0 saturated carbocycles. The zero-order chi connectivity index (χ0) is 26.5. The molecule has 0 fully saturated rings. The third kappa shape index (κ3) is 5.88. The van der Waals surface area contributed by atoms with Crippen LogP contribution in [0.1, 0.15) is 41.2 Å². The standard InChI is InChI=1S/C31H18F6/c1-2-3-4-5-20-15-27(33)25(28(34)16-20)12-8-21-17-29(35)24(30(36)18-21)11-7-19-6-10-23-22(14-19)9-13-26(32)31(23)37/h2-3,6,9-10,13-18H,4-5H2,1H3/b3-2+. The Balaban J connectivity index is 1.59. The van der Waals surface area contributed by atoms with Gasteiger partial charge in [0.05, 0.1) is 11.1 Å². The maximum Gasteiger partial charge on any atom is 0.166 e. The van der Waals surface area contributed by atoms with Crippen molar-refractivity contribution in [2.75, 3.05) is 0 Å². The molecule has 4 aromatic rings.